The molecule has 0 bridgehead atoms. The molecule has 1 unspecified atom stereocenters. The summed E-state index contributed by atoms with van der Waals surface area (Å²) in [7, 11) is 1.66. The van der Waals surface area contributed by atoms with E-state index >= 15 is 0 Å². The first-order chi connectivity index (χ1) is 20.8. The summed E-state index contributed by atoms with van der Waals surface area (Å²) in [5.41, 5.74) is 5.08. The lowest BCUT2D eigenvalue weighted by atomic mass is 9.95. The number of carbonyl (C=O) groups is 3. The number of aryl methyl sites for hydroxylation is 1. The molecule has 0 spiro atoms. The van der Waals surface area contributed by atoms with Crippen molar-refractivity contribution >= 4 is 44.7 Å². The Morgan fingerprint density at radius 3 is 2.21 bits per heavy atom. The summed E-state index contributed by atoms with van der Waals surface area (Å²) in [4.78, 5) is 43.4. The van der Waals surface area contributed by atoms with E-state index in [9.17, 15) is 19.5 Å². The Morgan fingerprint density at radius 1 is 0.957 bits per heavy atom. The van der Waals surface area contributed by atoms with Crippen LogP contribution in [0, 0.1) is 19.8 Å². The number of nitrogens with zero attached hydrogens (tertiary/aromatic N) is 2. The lowest BCUT2D eigenvalue weighted by Gasteiger charge is -2.19. The van der Waals surface area contributed by atoms with Crippen molar-refractivity contribution in [1.29, 1.82) is 0 Å². The molecular weight excluding hydrogens is 622 g/mol. The molecule has 1 aromatic heterocycles. The van der Waals surface area contributed by atoms with Crippen LogP contribution in [0.25, 0.3) is 20.5 Å². The fraction of sp³-hybridized carbons (Fsp3) is 0.286. The number of thiophene rings is 1. The van der Waals surface area contributed by atoms with Gasteiger partial charge in [-0.1, -0.05) is 24.3 Å². The van der Waals surface area contributed by atoms with E-state index in [0.29, 0.717) is 29.7 Å². The maximum Gasteiger partial charge on any atom is 0.247 e. The number of terminal acetylenes is 1. The minimum Gasteiger partial charge on any atom is -0.508 e. The van der Waals surface area contributed by atoms with Gasteiger partial charge in [0, 0.05) is 51.8 Å². The van der Waals surface area contributed by atoms with Crippen molar-refractivity contribution in [1.82, 2.24) is 9.80 Å². The molecule has 2 aliphatic heterocycles. The molecule has 10 N–H and O–H groups in total. The standard InChI is InChI=1S/C33H33N3O4S.C2H2.4H2O/c1-20-17-22(5-6-23(20)19-36-15-3-4-16-36)31(39)30-26-12-11-25(37)18-28(26)41-32(30)21-7-9-24(10-8-21)34-33(40)27-13-14-29(38)35(27)2;1-2;;;;/h5-12,17-18,27,37H,3-4,13-16,19H2,1-2H3,(H,34,40);1-2H;4*1H2. The summed E-state index contributed by atoms with van der Waals surface area (Å²) >= 11 is 1.46. The molecule has 2 aliphatic rings. The largest absolute Gasteiger partial charge is 0.508 e. The molecule has 1 atom stereocenters. The summed E-state index contributed by atoms with van der Waals surface area (Å²) in [5, 5.41) is 13.9. The summed E-state index contributed by atoms with van der Waals surface area (Å²) in [6, 6.07) is 18.1. The van der Waals surface area contributed by atoms with Crippen molar-refractivity contribution in [2.24, 2.45) is 0 Å². The molecule has 47 heavy (non-hydrogen) atoms. The molecule has 0 saturated carbocycles. The first kappa shape index (κ1) is 40.4. The highest BCUT2D eigenvalue weighted by Crippen LogP contribution is 2.41. The van der Waals surface area contributed by atoms with Gasteiger partial charge in [-0.15, -0.1) is 24.2 Å². The van der Waals surface area contributed by atoms with Crippen LogP contribution in [0.4, 0.5) is 5.69 Å². The second-order valence-electron chi connectivity index (χ2n) is 11.1. The molecule has 4 aromatic rings. The van der Waals surface area contributed by atoms with E-state index in [4.69, 9.17) is 0 Å². The number of phenols is 1. The number of likely N-dealkylation sites (tertiary alicyclic amines) is 2. The molecule has 3 heterocycles. The first-order valence-electron chi connectivity index (χ1n) is 14.4. The SMILES string of the molecule is C#C.Cc1cc(C(=O)c2c(-c3ccc(NC(=O)C4CCC(=O)N4C)cc3)sc3cc(O)ccc23)ccc1CN1CCCC1.O.O.O.O. The predicted molar refractivity (Wildman–Crippen MR) is 187 cm³/mol. The summed E-state index contributed by atoms with van der Waals surface area (Å²) in [6.07, 6.45) is 11.4. The predicted octanol–water partition coefficient (Wildman–Crippen LogP) is 2.92. The number of phenolic OH excluding ortho intramolecular Hbond substituents is 1. The Hall–Kier alpha value is -4.61. The van der Waals surface area contributed by atoms with Crippen LogP contribution in [0.15, 0.2) is 60.7 Å². The zero-order valence-corrected chi connectivity index (χ0v) is 27.2. The van der Waals surface area contributed by atoms with Gasteiger partial charge < -0.3 is 37.2 Å². The van der Waals surface area contributed by atoms with Crippen LogP contribution in [0.3, 0.4) is 0 Å². The molecular formula is C35H43N3O8S. The third kappa shape index (κ3) is 8.41. The van der Waals surface area contributed by atoms with Crippen molar-refractivity contribution < 1.29 is 41.4 Å². The Morgan fingerprint density at radius 2 is 1.62 bits per heavy atom. The third-order valence-corrected chi connectivity index (χ3v) is 9.51. The van der Waals surface area contributed by atoms with Crippen LogP contribution in [-0.2, 0) is 16.1 Å². The highest BCUT2D eigenvalue weighted by atomic mass is 32.1. The van der Waals surface area contributed by atoms with E-state index in [-0.39, 0.29) is 45.3 Å². The molecule has 2 saturated heterocycles. The van der Waals surface area contributed by atoms with Crippen molar-refractivity contribution in [2.45, 2.75) is 45.2 Å². The average molecular weight is 666 g/mol. The average Bonchev–Trinajstić information content (AvgIpc) is 3.74. The molecule has 2 amide bonds. The summed E-state index contributed by atoms with van der Waals surface area (Å²) in [6.45, 7) is 5.22. The molecule has 12 heteroatoms. The fourth-order valence-electron chi connectivity index (χ4n) is 5.90. The summed E-state index contributed by atoms with van der Waals surface area (Å²) in [5.74, 6) is -0.133. The van der Waals surface area contributed by atoms with E-state index in [1.54, 1.807) is 25.2 Å². The van der Waals surface area contributed by atoms with E-state index in [1.807, 2.05) is 36.4 Å². The van der Waals surface area contributed by atoms with Gasteiger partial charge in [-0.25, -0.2) is 0 Å². The van der Waals surface area contributed by atoms with E-state index in [0.717, 1.165) is 45.7 Å². The van der Waals surface area contributed by atoms with E-state index in [2.05, 4.69) is 36.1 Å². The van der Waals surface area contributed by atoms with Gasteiger partial charge in [0.05, 0.1) is 0 Å². The Kier molecular flexibility index (Phi) is 14.9. The molecule has 0 aliphatic carbocycles. The first-order valence-corrected chi connectivity index (χ1v) is 15.2. The fourth-order valence-corrected chi connectivity index (χ4v) is 7.13. The highest BCUT2D eigenvalue weighted by molar-refractivity contribution is 7.22. The number of hydrogen-bond acceptors (Lipinski definition) is 6. The van der Waals surface area contributed by atoms with Gasteiger partial charge in [0.1, 0.15) is 11.8 Å². The van der Waals surface area contributed by atoms with Crippen LogP contribution in [0.2, 0.25) is 0 Å². The normalized spacial score (nSPS) is 15.3. The number of aromatic hydroxyl groups is 1. The maximum absolute atomic E-state index is 14.1. The third-order valence-electron chi connectivity index (χ3n) is 8.31. The minimum absolute atomic E-state index is 0. The van der Waals surface area contributed by atoms with Gasteiger partial charge in [-0.05, 0) is 92.4 Å². The molecule has 6 rings (SSSR count). The minimum atomic E-state index is -0.466. The number of ketones is 1. The monoisotopic (exact) mass is 665 g/mol. The zero-order chi connectivity index (χ0) is 30.7. The zero-order valence-electron chi connectivity index (χ0n) is 26.4. The van der Waals surface area contributed by atoms with Crippen LogP contribution >= 0.6 is 11.3 Å². The number of fused-ring (bicyclic) bond motifs is 1. The highest BCUT2D eigenvalue weighted by Gasteiger charge is 2.33. The van der Waals surface area contributed by atoms with Crippen molar-refractivity contribution in [3.63, 3.8) is 0 Å². The van der Waals surface area contributed by atoms with Crippen LogP contribution in [0.1, 0.15) is 52.7 Å². The van der Waals surface area contributed by atoms with Crippen molar-refractivity contribution in [3.05, 3.63) is 82.9 Å². The van der Waals surface area contributed by atoms with Gasteiger partial charge in [0.25, 0.3) is 0 Å². The number of hydrogen-bond donors (Lipinski definition) is 2. The molecule has 2 fully saturated rings. The Bertz CT molecular complexity index is 1710. The van der Waals surface area contributed by atoms with Gasteiger partial charge in [0.15, 0.2) is 5.78 Å². The molecule has 252 valence electrons. The second-order valence-corrected chi connectivity index (χ2v) is 12.1. The number of likely N-dealkylation sites (N-methyl/N-ethyl adjacent to an activating group) is 1. The molecule has 3 aromatic carbocycles. The quantitative estimate of drug-likeness (QED) is 0.224. The summed E-state index contributed by atoms with van der Waals surface area (Å²) < 4.78 is 0.831. The Labute approximate surface area is 278 Å². The topological polar surface area (TPSA) is 216 Å². The number of rotatable bonds is 7. The van der Waals surface area contributed by atoms with Gasteiger partial charge in [-0.2, -0.15) is 0 Å². The van der Waals surface area contributed by atoms with Crippen molar-refractivity contribution in [3.8, 4) is 29.0 Å². The number of nitrogens with one attached hydrogen (secondary N) is 1. The Balaban J connectivity index is 0.00000181. The second kappa shape index (κ2) is 17.3. The van der Waals surface area contributed by atoms with E-state index in [1.165, 1.54) is 34.6 Å². The molecule has 11 nitrogen and oxygen atoms in total. The number of anilines is 1. The van der Waals surface area contributed by atoms with Gasteiger partial charge in [0.2, 0.25) is 11.8 Å². The number of carbonyl (C=O) groups excluding carboxylic acids is 3. The maximum atomic E-state index is 14.1. The van der Waals surface area contributed by atoms with Crippen molar-refractivity contribution in [2.75, 3.05) is 25.5 Å². The smallest absolute Gasteiger partial charge is 0.247 e. The number of amides is 2. The number of benzene rings is 3. The molecule has 0 radical (unpaired) electrons. The lowest BCUT2D eigenvalue weighted by molar-refractivity contribution is -0.131. The van der Waals surface area contributed by atoms with Gasteiger partial charge in [-0.3, -0.25) is 19.3 Å². The lowest BCUT2D eigenvalue weighted by Crippen LogP contribution is -2.38. The van der Waals surface area contributed by atoms with Crippen LogP contribution < -0.4 is 5.32 Å². The van der Waals surface area contributed by atoms with Gasteiger partial charge >= 0.3 is 0 Å². The van der Waals surface area contributed by atoms with Crippen LogP contribution in [0.5, 0.6) is 5.75 Å². The van der Waals surface area contributed by atoms with E-state index < -0.39 is 6.04 Å². The van der Waals surface area contributed by atoms with Crippen LogP contribution in [-0.4, -0.2) is 80.6 Å².